The van der Waals surface area contributed by atoms with E-state index in [2.05, 4.69) is 57.5 Å². The second-order valence-electron chi connectivity index (χ2n) is 4.69. The fourth-order valence-electron chi connectivity index (χ4n) is 2.71. The molecule has 0 saturated carbocycles. The molecule has 0 aliphatic carbocycles. The molecule has 0 bridgehead atoms. The van der Waals surface area contributed by atoms with Gasteiger partial charge in [-0.25, -0.2) is 0 Å². The average molecular weight is 349 g/mol. The molecule has 0 nitrogen and oxygen atoms in total. The van der Waals surface area contributed by atoms with E-state index >= 15 is 0 Å². The van der Waals surface area contributed by atoms with Gasteiger partial charge in [0, 0.05) is 12.6 Å². The highest BCUT2D eigenvalue weighted by molar-refractivity contribution is 9.09. The smallest absolute Gasteiger partial charge is 0.0698 e. The molecule has 0 saturated heterocycles. The molecule has 0 aliphatic heterocycles. The lowest BCUT2D eigenvalue weighted by molar-refractivity contribution is 0.906. The summed E-state index contributed by atoms with van der Waals surface area (Å²) in [5.41, 5.74) is 2.64. The Morgan fingerprint density at radius 1 is 0.857 bits per heavy atom. The summed E-state index contributed by atoms with van der Waals surface area (Å²) in [6.07, 6.45) is 1.40. The normalized spacial score (nSPS) is 12.4. The molecular formula is C11H26Br2P+. The average Bonchev–Trinajstić information content (AvgIpc) is 1.97. The van der Waals surface area contributed by atoms with Gasteiger partial charge < -0.3 is 0 Å². The lowest BCUT2D eigenvalue weighted by Crippen LogP contribution is -2.26. The maximum Gasteiger partial charge on any atom is 0.0698 e. The van der Waals surface area contributed by atoms with Gasteiger partial charge in [0.15, 0.2) is 0 Å². The van der Waals surface area contributed by atoms with Crippen molar-refractivity contribution >= 4 is 40.2 Å². The zero-order valence-corrected chi connectivity index (χ0v) is 14.6. The molecule has 0 aromatic rings. The van der Waals surface area contributed by atoms with Gasteiger partial charge >= 0.3 is 0 Å². The molecule has 0 radical (unpaired) electrons. The van der Waals surface area contributed by atoms with Crippen LogP contribution in [0.1, 0.15) is 41.5 Å². The highest BCUT2D eigenvalue weighted by atomic mass is 79.9. The van der Waals surface area contributed by atoms with Gasteiger partial charge in [-0.2, -0.15) is 0 Å². The van der Waals surface area contributed by atoms with E-state index in [1.807, 2.05) is 0 Å². The number of hydrogen-bond donors (Lipinski definition) is 0. The summed E-state index contributed by atoms with van der Waals surface area (Å²) in [6.45, 7) is 14.5. The van der Waals surface area contributed by atoms with E-state index in [4.69, 9.17) is 0 Å². The van der Waals surface area contributed by atoms with Gasteiger partial charge in [0.2, 0.25) is 0 Å². The predicted octanol–water partition coefficient (Wildman–Crippen LogP) is 5.20. The maximum absolute atomic E-state index is 3.62. The van der Waals surface area contributed by atoms with Crippen molar-refractivity contribution in [2.24, 2.45) is 0 Å². The summed E-state index contributed by atoms with van der Waals surface area (Å²) in [7, 11) is -0.759. The van der Waals surface area contributed by atoms with Gasteiger partial charge in [-0.05, 0) is 41.5 Å². The van der Waals surface area contributed by atoms with Gasteiger partial charge in [0.25, 0.3) is 0 Å². The number of halogens is 2. The first-order valence-corrected chi connectivity index (χ1v) is 8.63. The first-order chi connectivity index (χ1) is 5.89. The van der Waals surface area contributed by atoms with Crippen LogP contribution in [0.25, 0.3) is 0 Å². The summed E-state index contributed by atoms with van der Waals surface area (Å²) < 4.78 is 0. The van der Waals surface area contributed by atoms with Crippen LogP contribution in [0.15, 0.2) is 0 Å². The standard InChI is InChI=1S/C11H25BrP.BrH/c1-9(2)13(8-7-12,10(3)4)11(5)6;/h9-11H,7-8H2,1-6H3;1H/q+1;. The van der Waals surface area contributed by atoms with E-state index < -0.39 is 7.26 Å². The molecule has 0 unspecified atom stereocenters. The van der Waals surface area contributed by atoms with Crippen LogP contribution >= 0.6 is 40.2 Å². The van der Waals surface area contributed by atoms with Crippen LogP contribution in [0.3, 0.4) is 0 Å². The molecule has 0 heterocycles. The van der Waals surface area contributed by atoms with Crippen molar-refractivity contribution < 1.29 is 0 Å². The molecule has 0 N–H and O–H groups in total. The van der Waals surface area contributed by atoms with Crippen molar-refractivity contribution in [3.05, 3.63) is 0 Å². The minimum absolute atomic E-state index is 0. The quantitative estimate of drug-likeness (QED) is 0.473. The minimum Gasteiger partial charge on any atom is -0.114 e. The van der Waals surface area contributed by atoms with Gasteiger partial charge in [-0.3, -0.25) is 0 Å². The summed E-state index contributed by atoms with van der Waals surface area (Å²) >= 11 is 3.62. The summed E-state index contributed by atoms with van der Waals surface area (Å²) in [4.78, 5) is 0. The van der Waals surface area contributed by atoms with Crippen LogP contribution in [0.4, 0.5) is 0 Å². The Labute approximate surface area is 110 Å². The van der Waals surface area contributed by atoms with E-state index in [1.54, 1.807) is 0 Å². The van der Waals surface area contributed by atoms with Crippen LogP contribution in [0, 0.1) is 0 Å². The Kier molecular flexibility index (Phi) is 9.69. The zero-order chi connectivity index (χ0) is 10.6. The molecule has 0 rings (SSSR count). The summed E-state index contributed by atoms with van der Waals surface area (Å²) in [5.74, 6) is 0. The molecule has 0 aromatic carbocycles. The van der Waals surface area contributed by atoms with Crippen molar-refractivity contribution in [1.82, 2.24) is 0 Å². The molecule has 0 spiro atoms. The SMILES string of the molecule is Br.CC(C)[P+](CCBr)(C(C)C)C(C)C. The molecule has 0 aromatic heterocycles. The molecule has 0 atom stereocenters. The Bertz CT molecular complexity index is 122. The lowest BCUT2D eigenvalue weighted by atomic mass is 10.5. The van der Waals surface area contributed by atoms with Gasteiger partial charge in [0.05, 0.1) is 23.1 Å². The fraction of sp³-hybridized carbons (Fsp3) is 1.00. The Morgan fingerprint density at radius 3 is 1.21 bits per heavy atom. The Hall–Kier alpha value is 1.39. The Balaban J connectivity index is 0. The molecule has 88 valence electrons. The molecule has 0 amide bonds. The maximum atomic E-state index is 3.62. The molecule has 0 aliphatic rings. The third-order valence-corrected chi connectivity index (χ3v) is 11.1. The van der Waals surface area contributed by atoms with Crippen LogP contribution < -0.4 is 0 Å². The van der Waals surface area contributed by atoms with Gasteiger partial charge in [0.1, 0.15) is 0 Å². The lowest BCUT2D eigenvalue weighted by Gasteiger charge is -2.38. The van der Waals surface area contributed by atoms with Crippen LogP contribution in [-0.2, 0) is 0 Å². The monoisotopic (exact) mass is 347 g/mol. The fourth-order valence-corrected chi connectivity index (χ4v) is 9.97. The van der Waals surface area contributed by atoms with E-state index in [1.165, 1.54) is 11.5 Å². The minimum atomic E-state index is -0.759. The first kappa shape index (κ1) is 17.8. The van der Waals surface area contributed by atoms with Crippen molar-refractivity contribution in [1.29, 1.82) is 0 Å². The van der Waals surface area contributed by atoms with Crippen molar-refractivity contribution in [3.63, 3.8) is 0 Å². The second kappa shape index (κ2) is 7.63. The van der Waals surface area contributed by atoms with Crippen LogP contribution in [-0.4, -0.2) is 28.5 Å². The highest BCUT2D eigenvalue weighted by Crippen LogP contribution is 2.69. The number of alkyl halides is 1. The zero-order valence-electron chi connectivity index (χ0n) is 10.4. The molecule has 3 heteroatoms. The predicted molar refractivity (Wildman–Crippen MR) is 81.3 cm³/mol. The van der Waals surface area contributed by atoms with Crippen molar-refractivity contribution in [3.8, 4) is 0 Å². The third kappa shape index (κ3) is 3.76. The van der Waals surface area contributed by atoms with E-state index in [0.717, 1.165) is 17.0 Å². The largest absolute Gasteiger partial charge is 0.114 e. The van der Waals surface area contributed by atoms with E-state index in [9.17, 15) is 0 Å². The van der Waals surface area contributed by atoms with E-state index in [-0.39, 0.29) is 17.0 Å². The topological polar surface area (TPSA) is 0 Å². The molecular weight excluding hydrogens is 323 g/mol. The number of hydrogen-bond acceptors (Lipinski definition) is 0. The van der Waals surface area contributed by atoms with Gasteiger partial charge in [-0.1, -0.05) is 15.9 Å². The number of rotatable bonds is 5. The Morgan fingerprint density at radius 2 is 1.14 bits per heavy atom. The van der Waals surface area contributed by atoms with Crippen molar-refractivity contribution in [2.75, 3.05) is 11.5 Å². The van der Waals surface area contributed by atoms with Crippen LogP contribution in [0.5, 0.6) is 0 Å². The highest BCUT2D eigenvalue weighted by Gasteiger charge is 2.46. The van der Waals surface area contributed by atoms with E-state index in [0.29, 0.717) is 0 Å². The van der Waals surface area contributed by atoms with Gasteiger partial charge in [-0.15, -0.1) is 17.0 Å². The molecule has 0 fully saturated rings. The second-order valence-corrected chi connectivity index (χ2v) is 11.0. The summed E-state index contributed by atoms with van der Waals surface area (Å²) in [6, 6.07) is 0. The first-order valence-electron chi connectivity index (χ1n) is 5.32. The van der Waals surface area contributed by atoms with Crippen molar-refractivity contribution in [2.45, 2.75) is 58.5 Å². The van der Waals surface area contributed by atoms with Crippen LogP contribution in [0.2, 0.25) is 0 Å². The molecule has 14 heavy (non-hydrogen) atoms. The third-order valence-electron chi connectivity index (χ3n) is 3.36. The summed E-state index contributed by atoms with van der Waals surface area (Å²) in [5, 5.41) is 1.18.